The van der Waals surface area contributed by atoms with Gasteiger partial charge in [-0.3, -0.25) is 14.9 Å². The number of rotatable bonds is 4. The van der Waals surface area contributed by atoms with Gasteiger partial charge in [0.1, 0.15) is 6.54 Å². The van der Waals surface area contributed by atoms with Gasteiger partial charge < -0.3 is 10.2 Å². The van der Waals surface area contributed by atoms with Crippen LogP contribution < -0.4 is 10.6 Å². The van der Waals surface area contributed by atoms with Crippen LogP contribution in [-0.4, -0.2) is 41.9 Å². The van der Waals surface area contributed by atoms with Crippen molar-refractivity contribution in [2.45, 2.75) is 51.5 Å². The fraction of sp³-hybridized carbons (Fsp3) is 0.786. The van der Waals surface area contributed by atoms with Crippen LogP contribution in [0.2, 0.25) is 0 Å². The van der Waals surface area contributed by atoms with Crippen molar-refractivity contribution in [3.8, 4) is 0 Å². The summed E-state index contributed by atoms with van der Waals surface area (Å²) in [6, 6.07) is -0.234. The van der Waals surface area contributed by atoms with Crippen LogP contribution in [0.3, 0.4) is 0 Å². The molecular formula is C14H23N3O3. The first-order chi connectivity index (χ1) is 9.60. The van der Waals surface area contributed by atoms with Crippen molar-refractivity contribution in [2.24, 2.45) is 5.92 Å². The highest BCUT2D eigenvalue weighted by Crippen LogP contribution is 2.26. The molecule has 1 aliphatic carbocycles. The topological polar surface area (TPSA) is 78.5 Å². The van der Waals surface area contributed by atoms with Crippen molar-refractivity contribution in [1.82, 2.24) is 15.5 Å². The summed E-state index contributed by atoms with van der Waals surface area (Å²) in [5.74, 6) is 0.147. The number of carbonyl (C=O) groups excluding carboxylic acids is 3. The molecule has 0 radical (unpaired) electrons. The normalized spacial score (nSPS) is 27.1. The quantitative estimate of drug-likeness (QED) is 0.807. The summed E-state index contributed by atoms with van der Waals surface area (Å²) in [6.07, 6.45) is 5.92. The molecule has 2 N–H and O–H groups in total. The van der Waals surface area contributed by atoms with Crippen molar-refractivity contribution >= 4 is 17.8 Å². The van der Waals surface area contributed by atoms with Crippen LogP contribution in [0.1, 0.15) is 45.4 Å². The van der Waals surface area contributed by atoms with E-state index in [0.717, 1.165) is 19.3 Å². The number of nitrogens with one attached hydrogen (secondary N) is 2. The Kier molecular flexibility index (Phi) is 4.98. The molecule has 2 atom stereocenters. The molecule has 20 heavy (non-hydrogen) atoms. The number of hydrogen-bond acceptors (Lipinski definition) is 3. The molecule has 1 saturated heterocycles. The predicted octanol–water partition coefficient (Wildman–Crippen LogP) is 1.01. The van der Waals surface area contributed by atoms with E-state index in [9.17, 15) is 14.4 Å². The van der Waals surface area contributed by atoms with Crippen LogP contribution in [0, 0.1) is 5.92 Å². The number of amides is 4. The maximum Gasteiger partial charge on any atom is 0.324 e. The molecule has 0 unspecified atom stereocenters. The third-order valence-electron chi connectivity index (χ3n) is 4.26. The van der Waals surface area contributed by atoms with Crippen molar-refractivity contribution in [3.63, 3.8) is 0 Å². The van der Waals surface area contributed by atoms with Crippen LogP contribution in [0.4, 0.5) is 4.79 Å². The van der Waals surface area contributed by atoms with Gasteiger partial charge in [0.15, 0.2) is 0 Å². The molecule has 0 aromatic carbocycles. The van der Waals surface area contributed by atoms with Gasteiger partial charge in [0, 0.05) is 19.0 Å². The van der Waals surface area contributed by atoms with Gasteiger partial charge in [-0.05, 0) is 18.8 Å². The van der Waals surface area contributed by atoms with Crippen LogP contribution in [0.25, 0.3) is 0 Å². The molecular weight excluding hydrogens is 258 g/mol. The summed E-state index contributed by atoms with van der Waals surface area (Å²) in [5.41, 5.74) is 0. The number of carbonyl (C=O) groups is 3. The summed E-state index contributed by atoms with van der Waals surface area (Å²) in [7, 11) is 0. The Morgan fingerprint density at radius 1 is 1.35 bits per heavy atom. The van der Waals surface area contributed by atoms with Crippen molar-refractivity contribution in [3.05, 3.63) is 0 Å². The summed E-state index contributed by atoms with van der Waals surface area (Å²) in [6.45, 7) is 2.50. The summed E-state index contributed by atoms with van der Waals surface area (Å²) in [4.78, 5) is 36.1. The Balaban J connectivity index is 1.82. The van der Waals surface area contributed by atoms with Gasteiger partial charge in [0.2, 0.25) is 11.8 Å². The summed E-state index contributed by atoms with van der Waals surface area (Å²) in [5, 5.41) is 5.28. The molecule has 112 valence electrons. The minimum absolute atomic E-state index is 0.0338. The lowest BCUT2D eigenvalue weighted by Crippen LogP contribution is -2.53. The van der Waals surface area contributed by atoms with E-state index in [1.807, 2.05) is 0 Å². The fourth-order valence-corrected chi connectivity index (χ4v) is 3.06. The first-order valence-electron chi connectivity index (χ1n) is 7.48. The van der Waals surface area contributed by atoms with E-state index in [1.54, 1.807) is 0 Å². The van der Waals surface area contributed by atoms with Gasteiger partial charge >= 0.3 is 6.03 Å². The van der Waals surface area contributed by atoms with Gasteiger partial charge in [-0.2, -0.15) is 0 Å². The lowest BCUT2D eigenvalue weighted by atomic mass is 9.83. The Labute approximate surface area is 119 Å². The predicted molar refractivity (Wildman–Crippen MR) is 73.9 cm³/mol. The molecule has 1 heterocycles. The molecule has 0 spiro atoms. The third-order valence-corrected chi connectivity index (χ3v) is 4.26. The maximum absolute atomic E-state index is 12.1. The first-order valence-corrected chi connectivity index (χ1v) is 7.48. The van der Waals surface area contributed by atoms with Crippen LogP contribution in [0.5, 0.6) is 0 Å². The summed E-state index contributed by atoms with van der Waals surface area (Å²) < 4.78 is 0. The molecule has 2 rings (SSSR count). The zero-order valence-corrected chi connectivity index (χ0v) is 12.0. The number of imide groups is 1. The third kappa shape index (κ3) is 3.71. The molecule has 0 aromatic heterocycles. The maximum atomic E-state index is 12.1. The Hall–Kier alpha value is -1.59. The van der Waals surface area contributed by atoms with E-state index in [2.05, 4.69) is 17.6 Å². The van der Waals surface area contributed by atoms with E-state index < -0.39 is 6.03 Å². The minimum Gasteiger partial charge on any atom is -0.352 e. The Morgan fingerprint density at radius 2 is 2.10 bits per heavy atom. The molecule has 1 aliphatic heterocycles. The largest absolute Gasteiger partial charge is 0.352 e. The molecule has 4 amide bonds. The number of hydrogen-bond donors (Lipinski definition) is 2. The van der Waals surface area contributed by atoms with Crippen LogP contribution in [0.15, 0.2) is 0 Å². The van der Waals surface area contributed by atoms with Gasteiger partial charge in [-0.1, -0.05) is 26.2 Å². The molecule has 6 nitrogen and oxygen atoms in total. The van der Waals surface area contributed by atoms with Crippen LogP contribution >= 0.6 is 0 Å². The standard InChI is InChI=1S/C14H23N3O3/c1-2-10-5-3-4-6-11(10)15-13(19)9-17-8-7-12(18)16-14(17)20/h10-11H,2-9H2,1H3,(H,15,19)(H,16,18,20)/t10-,11-/m0/s1. The average molecular weight is 281 g/mol. The Morgan fingerprint density at radius 3 is 2.80 bits per heavy atom. The van der Waals surface area contributed by atoms with Crippen molar-refractivity contribution < 1.29 is 14.4 Å². The molecule has 1 saturated carbocycles. The number of urea groups is 1. The second-order valence-electron chi connectivity index (χ2n) is 5.65. The summed E-state index contributed by atoms with van der Waals surface area (Å²) >= 11 is 0. The molecule has 2 fully saturated rings. The van der Waals surface area contributed by atoms with E-state index in [-0.39, 0.29) is 30.8 Å². The SMILES string of the molecule is CC[C@H]1CCCC[C@@H]1NC(=O)CN1CCC(=O)NC1=O. The highest BCUT2D eigenvalue weighted by Gasteiger charge is 2.28. The molecule has 0 bridgehead atoms. The lowest BCUT2D eigenvalue weighted by Gasteiger charge is -2.32. The molecule has 0 aromatic rings. The zero-order chi connectivity index (χ0) is 14.5. The average Bonchev–Trinajstić information content (AvgIpc) is 2.42. The minimum atomic E-state index is -0.466. The Bertz CT molecular complexity index is 397. The first kappa shape index (κ1) is 14.8. The van der Waals surface area contributed by atoms with E-state index in [4.69, 9.17) is 0 Å². The van der Waals surface area contributed by atoms with E-state index in [0.29, 0.717) is 12.5 Å². The second-order valence-corrected chi connectivity index (χ2v) is 5.65. The highest BCUT2D eigenvalue weighted by atomic mass is 16.2. The van der Waals surface area contributed by atoms with Gasteiger partial charge in [0.05, 0.1) is 0 Å². The molecule has 2 aliphatic rings. The molecule has 6 heteroatoms. The smallest absolute Gasteiger partial charge is 0.324 e. The van der Waals surface area contributed by atoms with E-state index >= 15 is 0 Å². The highest BCUT2D eigenvalue weighted by molar-refractivity contribution is 5.98. The monoisotopic (exact) mass is 281 g/mol. The lowest BCUT2D eigenvalue weighted by molar-refractivity contribution is -0.125. The van der Waals surface area contributed by atoms with E-state index in [1.165, 1.54) is 17.7 Å². The van der Waals surface area contributed by atoms with Crippen molar-refractivity contribution in [2.75, 3.05) is 13.1 Å². The van der Waals surface area contributed by atoms with Gasteiger partial charge in [-0.25, -0.2) is 4.79 Å². The van der Waals surface area contributed by atoms with Crippen LogP contribution in [-0.2, 0) is 9.59 Å². The van der Waals surface area contributed by atoms with Gasteiger partial charge in [-0.15, -0.1) is 0 Å². The van der Waals surface area contributed by atoms with Gasteiger partial charge in [0.25, 0.3) is 0 Å². The second kappa shape index (κ2) is 6.72. The fourth-order valence-electron chi connectivity index (χ4n) is 3.06. The number of nitrogens with zero attached hydrogens (tertiary/aromatic N) is 1. The zero-order valence-electron chi connectivity index (χ0n) is 12.0. The van der Waals surface area contributed by atoms with Crippen molar-refractivity contribution in [1.29, 1.82) is 0 Å².